The molecule has 4 rings (SSSR count). The number of piperidine rings is 1. The monoisotopic (exact) mass is 421 g/mol. The predicted octanol–water partition coefficient (Wildman–Crippen LogP) is 5.07. The van der Waals surface area contributed by atoms with Crippen LogP contribution in [0.5, 0.6) is 0 Å². The lowest BCUT2D eigenvalue weighted by Crippen LogP contribution is -2.39. The SMILES string of the molecule is Cc1noc(C)c1CSc1ncccc1C(=O)N1CCC(Cc2ccccc2)CC1. The molecule has 1 saturated heterocycles. The van der Waals surface area contributed by atoms with Crippen LogP contribution in [0.25, 0.3) is 0 Å². The van der Waals surface area contributed by atoms with Crippen LogP contribution in [0.4, 0.5) is 0 Å². The van der Waals surface area contributed by atoms with Gasteiger partial charge in [-0.3, -0.25) is 4.79 Å². The number of benzene rings is 1. The molecule has 1 fully saturated rings. The fourth-order valence-electron chi connectivity index (χ4n) is 3.98. The summed E-state index contributed by atoms with van der Waals surface area (Å²) in [5.74, 6) is 2.24. The van der Waals surface area contributed by atoms with E-state index < -0.39 is 0 Å². The highest BCUT2D eigenvalue weighted by Gasteiger charge is 2.26. The molecule has 0 aliphatic carbocycles. The summed E-state index contributed by atoms with van der Waals surface area (Å²) in [6, 6.07) is 14.4. The van der Waals surface area contributed by atoms with Crippen LogP contribution < -0.4 is 0 Å². The molecule has 2 aromatic heterocycles. The minimum Gasteiger partial charge on any atom is -0.361 e. The van der Waals surface area contributed by atoms with E-state index in [4.69, 9.17) is 4.52 Å². The van der Waals surface area contributed by atoms with Gasteiger partial charge in [0.25, 0.3) is 5.91 Å². The van der Waals surface area contributed by atoms with Crippen LogP contribution in [0.15, 0.2) is 58.2 Å². The Morgan fingerprint density at radius 2 is 1.90 bits per heavy atom. The molecular weight excluding hydrogens is 394 g/mol. The smallest absolute Gasteiger partial charge is 0.256 e. The molecule has 1 aromatic carbocycles. The van der Waals surface area contributed by atoms with Gasteiger partial charge in [0.15, 0.2) is 0 Å². The molecule has 6 heteroatoms. The van der Waals surface area contributed by atoms with E-state index >= 15 is 0 Å². The summed E-state index contributed by atoms with van der Waals surface area (Å²) in [6.45, 7) is 5.47. The average Bonchev–Trinajstić information content (AvgIpc) is 3.10. The quantitative estimate of drug-likeness (QED) is 0.520. The van der Waals surface area contributed by atoms with Gasteiger partial charge in [0.2, 0.25) is 0 Å². The zero-order valence-electron chi connectivity index (χ0n) is 17.5. The predicted molar refractivity (Wildman–Crippen MR) is 119 cm³/mol. The van der Waals surface area contributed by atoms with Crippen molar-refractivity contribution in [3.8, 4) is 0 Å². The number of hydrogen-bond acceptors (Lipinski definition) is 5. The number of pyridine rings is 1. The van der Waals surface area contributed by atoms with Crippen LogP contribution in [-0.4, -0.2) is 34.0 Å². The van der Waals surface area contributed by atoms with Gasteiger partial charge in [-0.25, -0.2) is 4.98 Å². The van der Waals surface area contributed by atoms with E-state index in [1.807, 2.05) is 30.9 Å². The highest BCUT2D eigenvalue weighted by molar-refractivity contribution is 7.98. The summed E-state index contributed by atoms with van der Waals surface area (Å²) in [4.78, 5) is 19.7. The van der Waals surface area contributed by atoms with Crippen molar-refractivity contribution in [1.29, 1.82) is 0 Å². The number of carbonyl (C=O) groups is 1. The first-order valence-corrected chi connectivity index (χ1v) is 11.4. The van der Waals surface area contributed by atoms with Crippen molar-refractivity contribution in [1.82, 2.24) is 15.0 Å². The third-order valence-electron chi connectivity index (χ3n) is 5.80. The number of rotatable bonds is 6. The van der Waals surface area contributed by atoms with Crippen LogP contribution in [0.1, 0.15) is 45.8 Å². The van der Waals surface area contributed by atoms with Gasteiger partial charge in [-0.1, -0.05) is 35.5 Å². The van der Waals surface area contributed by atoms with Gasteiger partial charge in [-0.2, -0.15) is 0 Å². The first-order valence-electron chi connectivity index (χ1n) is 10.4. The first kappa shape index (κ1) is 20.7. The van der Waals surface area contributed by atoms with Crippen LogP contribution >= 0.6 is 11.8 Å². The number of aryl methyl sites for hydroxylation is 2. The van der Waals surface area contributed by atoms with Crippen molar-refractivity contribution in [3.05, 3.63) is 76.8 Å². The van der Waals surface area contributed by atoms with Crippen molar-refractivity contribution in [2.45, 2.75) is 43.9 Å². The maximum Gasteiger partial charge on any atom is 0.256 e. The van der Waals surface area contributed by atoms with E-state index in [9.17, 15) is 4.79 Å². The number of likely N-dealkylation sites (tertiary alicyclic amines) is 1. The standard InChI is InChI=1S/C24H27N3O2S/c1-17-22(18(2)29-26-17)16-30-23-21(9-6-12-25-23)24(28)27-13-10-20(11-14-27)15-19-7-4-3-5-8-19/h3-9,12,20H,10-11,13-16H2,1-2H3. The lowest BCUT2D eigenvalue weighted by atomic mass is 9.90. The molecule has 1 amide bonds. The summed E-state index contributed by atoms with van der Waals surface area (Å²) in [5, 5.41) is 4.78. The third kappa shape index (κ3) is 4.75. The summed E-state index contributed by atoms with van der Waals surface area (Å²) >= 11 is 1.57. The van der Waals surface area contributed by atoms with E-state index in [0.29, 0.717) is 17.2 Å². The van der Waals surface area contributed by atoms with Crippen molar-refractivity contribution in [3.63, 3.8) is 0 Å². The number of hydrogen-bond donors (Lipinski definition) is 0. The molecule has 3 heterocycles. The molecule has 0 spiro atoms. The van der Waals surface area contributed by atoms with Crippen molar-refractivity contribution >= 4 is 17.7 Å². The second-order valence-corrected chi connectivity index (χ2v) is 8.84. The van der Waals surface area contributed by atoms with E-state index in [0.717, 1.165) is 54.4 Å². The fraction of sp³-hybridized carbons (Fsp3) is 0.375. The van der Waals surface area contributed by atoms with E-state index in [1.165, 1.54) is 5.56 Å². The molecule has 0 bridgehead atoms. The number of amides is 1. The Morgan fingerprint density at radius 1 is 1.13 bits per heavy atom. The van der Waals surface area contributed by atoms with Gasteiger partial charge in [-0.15, -0.1) is 11.8 Å². The van der Waals surface area contributed by atoms with E-state index in [-0.39, 0.29) is 5.91 Å². The Labute approximate surface area is 181 Å². The number of aromatic nitrogens is 2. The molecule has 156 valence electrons. The average molecular weight is 422 g/mol. The minimum atomic E-state index is 0.0857. The highest BCUT2D eigenvalue weighted by atomic mass is 32.2. The minimum absolute atomic E-state index is 0.0857. The normalized spacial score (nSPS) is 14.8. The highest BCUT2D eigenvalue weighted by Crippen LogP contribution is 2.29. The third-order valence-corrected chi connectivity index (χ3v) is 6.84. The van der Waals surface area contributed by atoms with Crippen molar-refractivity contribution in [2.75, 3.05) is 13.1 Å². The van der Waals surface area contributed by atoms with Crippen molar-refractivity contribution in [2.24, 2.45) is 5.92 Å². The van der Waals surface area contributed by atoms with Gasteiger partial charge >= 0.3 is 0 Å². The molecule has 5 nitrogen and oxygen atoms in total. The Hall–Kier alpha value is -2.60. The van der Waals surface area contributed by atoms with Crippen LogP contribution in [-0.2, 0) is 12.2 Å². The van der Waals surface area contributed by atoms with Crippen LogP contribution in [0.3, 0.4) is 0 Å². The molecule has 30 heavy (non-hydrogen) atoms. The summed E-state index contributed by atoms with van der Waals surface area (Å²) in [7, 11) is 0. The first-order chi connectivity index (χ1) is 14.6. The zero-order chi connectivity index (χ0) is 20.9. The second-order valence-electron chi connectivity index (χ2n) is 7.87. The van der Waals surface area contributed by atoms with E-state index in [1.54, 1.807) is 18.0 Å². The second kappa shape index (κ2) is 9.47. The Bertz CT molecular complexity index is 975. The molecule has 0 saturated carbocycles. The van der Waals surface area contributed by atoms with Crippen molar-refractivity contribution < 1.29 is 9.32 Å². The molecule has 0 atom stereocenters. The lowest BCUT2D eigenvalue weighted by Gasteiger charge is -2.32. The topological polar surface area (TPSA) is 59.2 Å². The van der Waals surface area contributed by atoms with Gasteiger partial charge in [0.1, 0.15) is 10.8 Å². The molecule has 0 radical (unpaired) electrons. The Morgan fingerprint density at radius 3 is 2.60 bits per heavy atom. The zero-order valence-corrected chi connectivity index (χ0v) is 18.3. The number of thioether (sulfide) groups is 1. The Balaban J connectivity index is 1.38. The molecule has 0 N–H and O–H groups in total. The largest absolute Gasteiger partial charge is 0.361 e. The maximum absolute atomic E-state index is 13.2. The summed E-state index contributed by atoms with van der Waals surface area (Å²) in [5.41, 5.74) is 4.04. The summed E-state index contributed by atoms with van der Waals surface area (Å²) < 4.78 is 5.25. The van der Waals surface area contributed by atoms with Crippen LogP contribution in [0, 0.1) is 19.8 Å². The Kier molecular flexibility index (Phi) is 6.53. The summed E-state index contributed by atoms with van der Waals surface area (Å²) in [6.07, 6.45) is 4.93. The molecular formula is C24H27N3O2S. The van der Waals surface area contributed by atoms with Crippen LogP contribution in [0.2, 0.25) is 0 Å². The lowest BCUT2D eigenvalue weighted by molar-refractivity contribution is 0.0686. The number of carbonyl (C=O) groups excluding carboxylic acids is 1. The number of nitrogens with zero attached hydrogens (tertiary/aromatic N) is 3. The molecule has 1 aliphatic rings. The molecule has 1 aliphatic heterocycles. The van der Waals surface area contributed by atoms with E-state index in [2.05, 4.69) is 40.5 Å². The van der Waals surface area contributed by atoms with Gasteiger partial charge in [0, 0.05) is 30.6 Å². The van der Waals surface area contributed by atoms with Gasteiger partial charge in [-0.05, 0) is 56.7 Å². The molecule has 3 aromatic rings. The van der Waals surface area contributed by atoms with Gasteiger partial charge < -0.3 is 9.42 Å². The molecule has 0 unspecified atom stereocenters. The maximum atomic E-state index is 13.2. The van der Waals surface area contributed by atoms with Gasteiger partial charge in [0.05, 0.1) is 11.3 Å². The fourth-order valence-corrected chi connectivity index (χ4v) is 5.11.